The molecule has 14 heavy (non-hydrogen) atoms. The fraction of sp³-hybridized carbons (Fsp3) is 0.400. The number of nitrogens with two attached hydrogens (primary N) is 1. The first kappa shape index (κ1) is 9.87. The molecule has 1 aromatic rings. The lowest BCUT2D eigenvalue weighted by atomic mass is 10.0. The van der Waals surface area contributed by atoms with E-state index in [2.05, 4.69) is 0 Å². The molecular weight excluding hydrogens is 208 g/mol. The third-order valence-corrected chi connectivity index (χ3v) is 2.90. The number of hydrogen-bond acceptors (Lipinski definition) is 1. The fourth-order valence-corrected chi connectivity index (χ4v) is 1.68. The predicted molar refractivity (Wildman–Crippen MR) is 51.0 cm³/mol. The van der Waals surface area contributed by atoms with Crippen LogP contribution in [-0.2, 0) is 0 Å². The summed E-state index contributed by atoms with van der Waals surface area (Å²) in [5.74, 6) is -1.13. The lowest BCUT2D eigenvalue weighted by Gasteiger charge is -2.12. The van der Waals surface area contributed by atoms with E-state index in [4.69, 9.17) is 17.3 Å². The molecule has 1 saturated carbocycles. The summed E-state index contributed by atoms with van der Waals surface area (Å²) in [5.41, 5.74) is 6.12. The minimum atomic E-state index is -0.740. The molecule has 0 aliphatic heterocycles. The van der Waals surface area contributed by atoms with Crippen LogP contribution in [0, 0.1) is 17.6 Å². The van der Waals surface area contributed by atoms with Crippen molar-refractivity contribution in [2.75, 3.05) is 0 Å². The minimum absolute atomic E-state index is 0.318. The summed E-state index contributed by atoms with van der Waals surface area (Å²) < 4.78 is 26.3. The molecule has 4 heteroatoms. The van der Waals surface area contributed by atoms with Gasteiger partial charge in [0.1, 0.15) is 16.7 Å². The number of rotatable bonds is 2. The minimum Gasteiger partial charge on any atom is -0.324 e. The second kappa shape index (κ2) is 3.48. The first-order valence-electron chi connectivity index (χ1n) is 4.50. The van der Waals surface area contributed by atoms with Gasteiger partial charge in [-0.1, -0.05) is 17.7 Å². The molecule has 0 aromatic heterocycles. The van der Waals surface area contributed by atoms with Crippen molar-refractivity contribution in [3.63, 3.8) is 0 Å². The topological polar surface area (TPSA) is 26.0 Å². The highest BCUT2D eigenvalue weighted by molar-refractivity contribution is 6.30. The molecule has 1 aliphatic carbocycles. The van der Waals surface area contributed by atoms with E-state index in [0.29, 0.717) is 11.5 Å². The molecule has 0 spiro atoms. The quantitative estimate of drug-likeness (QED) is 0.758. The van der Waals surface area contributed by atoms with Gasteiger partial charge in [0.15, 0.2) is 0 Å². The molecule has 1 unspecified atom stereocenters. The summed E-state index contributed by atoms with van der Waals surface area (Å²) in [4.78, 5) is 0. The highest BCUT2D eigenvalue weighted by atomic mass is 35.5. The van der Waals surface area contributed by atoms with Crippen molar-refractivity contribution in [1.29, 1.82) is 0 Å². The van der Waals surface area contributed by atoms with Crippen molar-refractivity contribution in [2.24, 2.45) is 11.7 Å². The Kier molecular flexibility index (Phi) is 2.45. The molecule has 2 rings (SSSR count). The van der Waals surface area contributed by atoms with Crippen LogP contribution >= 0.6 is 11.6 Å². The van der Waals surface area contributed by atoms with E-state index in [1.807, 2.05) is 0 Å². The van der Waals surface area contributed by atoms with Crippen LogP contribution in [0.3, 0.4) is 0 Å². The molecule has 2 N–H and O–H groups in total. The zero-order valence-electron chi connectivity index (χ0n) is 7.43. The standard InChI is InChI=1S/C10H10ClF2N/c11-8-7(12)4-3-6(9(8)13)10(14)5-1-2-5/h3-5,10H,1-2,14H2. The SMILES string of the molecule is NC(c1ccc(F)c(Cl)c1F)C1CC1. The molecule has 0 radical (unpaired) electrons. The van der Waals surface area contributed by atoms with Gasteiger partial charge in [0, 0.05) is 11.6 Å². The van der Waals surface area contributed by atoms with Gasteiger partial charge in [0.05, 0.1) is 0 Å². The summed E-state index contributed by atoms with van der Waals surface area (Å²) >= 11 is 5.45. The van der Waals surface area contributed by atoms with E-state index in [-0.39, 0.29) is 6.04 Å². The molecule has 0 amide bonds. The van der Waals surface area contributed by atoms with Gasteiger partial charge in [0.2, 0.25) is 0 Å². The lowest BCUT2D eigenvalue weighted by Crippen LogP contribution is -2.14. The maximum absolute atomic E-state index is 13.4. The van der Waals surface area contributed by atoms with Crippen LogP contribution in [0.1, 0.15) is 24.4 Å². The van der Waals surface area contributed by atoms with E-state index in [9.17, 15) is 8.78 Å². The van der Waals surface area contributed by atoms with Gasteiger partial charge < -0.3 is 5.73 Å². The average Bonchev–Trinajstić information content (AvgIpc) is 2.97. The first-order valence-corrected chi connectivity index (χ1v) is 4.88. The van der Waals surface area contributed by atoms with E-state index in [1.54, 1.807) is 0 Å². The van der Waals surface area contributed by atoms with Crippen LogP contribution in [0.2, 0.25) is 5.02 Å². The van der Waals surface area contributed by atoms with Crippen molar-refractivity contribution >= 4 is 11.6 Å². The van der Waals surface area contributed by atoms with Gasteiger partial charge in [0.25, 0.3) is 0 Å². The third kappa shape index (κ3) is 1.62. The highest BCUT2D eigenvalue weighted by Gasteiger charge is 2.31. The Balaban J connectivity index is 2.38. The van der Waals surface area contributed by atoms with Gasteiger partial charge in [-0.3, -0.25) is 0 Å². The average molecular weight is 218 g/mol. The Hall–Kier alpha value is -0.670. The van der Waals surface area contributed by atoms with E-state index >= 15 is 0 Å². The Morgan fingerprint density at radius 2 is 2.00 bits per heavy atom. The summed E-state index contributed by atoms with van der Waals surface area (Å²) in [6.45, 7) is 0. The second-order valence-corrected chi connectivity index (χ2v) is 4.01. The van der Waals surface area contributed by atoms with Crippen molar-refractivity contribution in [3.05, 3.63) is 34.4 Å². The van der Waals surface area contributed by atoms with Crippen molar-refractivity contribution < 1.29 is 8.78 Å². The third-order valence-electron chi connectivity index (χ3n) is 2.55. The van der Waals surface area contributed by atoms with Gasteiger partial charge in [-0.15, -0.1) is 0 Å². The largest absolute Gasteiger partial charge is 0.324 e. The summed E-state index contributed by atoms with van der Waals surface area (Å²) in [6, 6.07) is 2.18. The van der Waals surface area contributed by atoms with Gasteiger partial charge >= 0.3 is 0 Å². The highest BCUT2D eigenvalue weighted by Crippen LogP contribution is 2.41. The molecule has 0 bridgehead atoms. The monoisotopic (exact) mass is 217 g/mol. The summed E-state index contributed by atoms with van der Waals surface area (Å²) in [6.07, 6.45) is 2.02. The molecule has 0 heterocycles. The van der Waals surface area contributed by atoms with Gasteiger partial charge in [-0.05, 0) is 24.8 Å². The smallest absolute Gasteiger partial charge is 0.149 e. The number of halogens is 3. The maximum atomic E-state index is 13.4. The molecule has 1 aromatic carbocycles. The molecule has 1 atom stereocenters. The van der Waals surface area contributed by atoms with Crippen molar-refractivity contribution in [3.8, 4) is 0 Å². The Bertz CT molecular complexity index is 363. The molecule has 0 saturated heterocycles. The van der Waals surface area contributed by atoms with Gasteiger partial charge in [-0.2, -0.15) is 0 Å². The molecular formula is C10H10ClF2N. The second-order valence-electron chi connectivity index (χ2n) is 3.63. The summed E-state index contributed by atoms with van der Waals surface area (Å²) in [5, 5.41) is -0.460. The normalized spacial score (nSPS) is 18.3. The van der Waals surface area contributed by atoms with Crippen LogP contribution in [0.15, 0.2) is 12.1 Å². The Morgan fingerprint density at radius 3 is 2.57 bits per heavy atom. The Morgan fingerprint density at radius 1 is 1.36 bits per heavy atom. The first-order chi connectivity index (χ1) is 6.61. The number of benzene rings is 1. The molecule has 1 aliphatic rings. The zero-order valence-corrected chi connectivity index (χ0v) is 8.19. The van der Waals surface area contributed by atoms with Gasteiger partial charge in [-0.25, -0.2) is 8.78 Å². The van der Waals surface area contributed by atoms with Crippen molar-refractivity contribution in [1.82, 2.24) is 0 Å². The molecule has 76 valence electrons. The predicted octanol–water partition coefficient (Wildman–Crippen LogP) is 3.03. The zero-order chi connectivity index (χ0) is 10.3. The molecule has 1 fully saturated rings. The maximum Gasteiger partial charge on any atom is 0.149 e. The van der Waals surface area contributed by atoms with Crippen LogP contribution in [0.4, 0.5) is 8.78 Å². The number of hydrogen-bond donors (Lipinski definition) is 1. The van der Waals surface area contributed by atoms with Crippen LogP contribution < -0.4 is 5.73 Å². The van der Waals surface area contributed by atoms with Crippen LogP contribution in [0.25, 0.3) is 0 Å². The van der Waals surface area contributed by atoms with E-state index in [0.717, 1.165) is 18.9 Å². The van der Waals surface area contributed by atoms with Crippen molar-refractivity contribution in [2.45, 2.75) is 18.9 Å². The van der Waals surface area contributed by atoms with E-state index < -0.39 is 16.7 Å². The summed E-state index contributed by atoms with van der Waals surface area (Å²) in [7, 11) is 0. The molecule has 1 nitrogen and oxygen atoms in total. The lowest BCUT2D eigenvalue weighted by molar-refractivity contribution is 0.537. The fourth-order valence-electron chi connectivity index (χ4n) is 1.51. The Labute approximate surface area is 85.9 Å². The van der Waals surface area contributed by atoms with Crippen LogP contribution in [-0.4, -0.2) is 0 Å². The van der Waals surface area contributed by atoms with E-state index in [1.165, 1.54) is 6.07 Å². The van der Waals surface area contributed by atoms with Crippen LogP contribution in [0.5, 0.6) is 0 Å².